The fourth-order valence-corrected chi connectivity index (χ4v) is 8.54. The van der Waals surface area contributed by atoms with Crippen molar-refractivity contribution in [3.8, 4) is 67.3 Å². The van der Waals surface area contributed by atoms with Crippen LogP contribution in [0, 0.1) is 0 Å². The summed E-state index contributed by atoms with van der Waals surface area (Å²) in [6, 6.07) is 65.5. The molecule has 1 aromatic heterocycles. The van der Waals surface area contributed by atoms with Crippen molar-refractivity contribution in [1.82, 2.24) is 9.97 Å². The van der Waals surface area contributed by atoms with E-state index in [-0.39, 0.29) is 5.41 Å². The molecule has 0 radical (unpaired) electrons. The number of hydrogen-bond acceptors (Lipinski definition) is 2. The minimum Gasteiger partial charge on any atom is -0.228 e. The number of benzene rings is 8. The summed E-state index contributed by atoms with van der Waals surface area (Å²) in [5, 5.41) is 5.02. The van der Waals surface area contributed by atoms with Crippen molar-refractivity contribution in [2.24, 2.45) is 0 Å². The summed E-state index contributed by atoms with van der Waals surface area (Å²) in [4.78, 5) is 10.6. The van der Waals surface area contributed by atoms with Crippen molar-refractivity contribution in [3.05, 3.63) is 193 Å². The fourth-order valence-electron chi connectivity index (χ4n) is 8.54. The molecule has 250 valence electrons. The molecule has 1 aliphatic rings. The highest BCUT2D eigenvalue weighted by Gasteiger charge is 2.40. The Morgan fingerprint density at radius 1 is 0.358 bits per heavy atom. The first kappa shape index (κ1) is 31.1. The van der Waals surface area contributed by atoms with E-state index < -0.39 is 0 Å². The molecular weight excluding hydrogens is 641 g/mol. The Labute approximate surface area is 310 Å². The zero-order valence-corrected chi connectivity index (χ0v) is 29.7. The third kappa shape index (κ3) is 5.02. The lowest BCUT2D eigenvalue weighted by Crippen LogP contribution is -2.17. The molecule has 0 aliphatic heterocycles. The maximum absolute atomic E-state index is 5.29. The first-order valence-electron chi connectivity index (χ1n) is 18.3. The summed E-state index contributed by atoms with van der Waals surface area (Å²) in [7, 11) is 0. The Morgan fingerprint density at radius 3 is 1.42 bits per heavy atom. The second kappa shape index (κ2) is 12.3. The highest BCUT2D eigenvalue weighted by Crippen LogP contribution is 2.53. The van der Waals surface area contributed by atoms with E-state index in [0.29, 0.717) is 0 Å². The lowest BCUT2D eigenvalue weighted by molar-refractivity contribution is 0.658. The van der Waals surface area contributed by atoms with E-state index in [1.165, 1.54) is 71.6 Å². The molecule has 0 unspecified atom stereocenters. The van der Waals surface area contributed by atoms with Crippen LogP contribution in [0.5, 0.6) is 0 Å². The van der Waals surface area contributed by atoms with Gasteiger partial charge in [-0.2, -0.15) is 0 Å². The largest absolute Gasteiger partial charge is 0.228 e. The maximum Gasteiger partial charge on any atom is 0.160 e. The van der Waals surface area contributed by atoms with Gasteiger partial charge in [0.15, 0.2) is 5.82 Å². The normalized spacial score (nSPS) is 12.9. The van der Waals surface area contributed by atoms with Crippen molar-refractivity contribution in [1.29, 1.82) is 0 Å². The predicted molar refractivity (Wildman–Crippen MR) is 222 cm³/mol. The van der Waals surface area contributed by atoms with Crippen LogP contribution in [0.2, 0.25) is 0 Å². The number of hydrogen-bond donors (Lipinski definition) is 0. The van der Waals surface area contributed by atoms with Crippen molar-refractivity contribution in [2.75, 3.05) is 0 Å². The van der Waals surface area contributed by atoms with Gasteiger partial charge in [-0.3, -0.25) is 0 Å². The van der Waals surface area contributed by atoms with Gasteiger partial charge in [-0.05, 0) is 72.6 Å². The van der Waals surface area contributed by atoms with Crippen molar-refractivity contribution < 1.29 is 0 Å². The second-order valence-electron chi connectivity index (χ2n) is 14.5. The van der Waals surface area contributed by atoms with Crippen molar-refractivity contribution in [3.63, 3.8) is 0 Å². The number of rotatable bonds is 5. The summed E-state index contributed by atoms with van der Waals surface area (Å²) in [5.74, 6) is 0.750. The number of fused-ring (bicyclic) bond motifs is 5. The van der Waals surface area contributed by atoms with Crippen LogP contribution in [0.1, 0.15) is 25.0 Å². The molecular formula is C51H36N2. The molecule has 0 N–H and O–H groups in total. The summed E-state index contributed by atoms with van der Waals surface area (Å²) < 4.78 is 0. The van der Waals surface area contributed by atoms with Crippen LogP contribution in [-0.4, -0.2) is 9.97 Å². The molecule has 0 amide bonds. The lowest BCUT2D eigenvalue weighted by atomic mass is 9.79. The molecule has 9 aromatic rings. The second-order valence-corrected chi connectivity index (χ2v) is 14.5. The van der Waals surface area contributed by atoms with Gasteiger partial charge in [0.05, 0.1) is 11.4 Å². The van der Waals surface area contributed by atoms with E-state index in [0.717, 1.165) is 28.3 Å². The lowest BCUT2D eigenvalue weighted by Gasteiger charge is -2.24. The van der Waals surface area contributed by atoms with E-state index in [1.807, 2.05) is 6.07 Å². The third-order valence-electron chi connectivity index (χ3n) is 11.0. The summed E-state index contributed by atoms with van der Waals surface area (Å²) in [6.07, 6.45) is 0. The zero-order valence-electron chi connectivity index (χ0n) is 29.7. The van der Waals surface area contributed by atoms with Crippen LogP contribution in [0.25, 0.3) is 88.8 Å². The average Bonchev–Trinajstić information content (AvgIpc) is 3.45. The first-order valence-corrected chi connectivity index (χ1v) is 18.3. The van der Waals surface area contributed by atoms with Crippen molar-refractivity contribution >= 4 is 21.5 Å². The van der Waals surface area contributed by atoms with Gasteiger partial charge in [-0.1, -0.05) is 184 Å². The van der Waals surface area contributed by atoms with Gasteiger partial charge >= 0.3 is 0 Å². The molecule has 0 spiro atoms. The quantitative estimate of drug-likeness (QED) is 0.170. The first-order chi connectivity index (χ1) is 26.1. The van der Waals surface area contributed by atoms with E-state index in [4.69, 9.17) is 9.97 Å². The minimum atomic E-state index is -0.316. The van der Waals surface area contributed by atoms with Crippen LogP contribution in [0.15, 0.2) is 182 Å². The van der Waals surface area contributed by atoms with Crippen LogP contribution >= 0.6 is 0 Å². The smallest absolute Gasteiger partial charge is 0.160 e. The zero-order chi connectivity index (χ0) is 35.5. The van der Waals surface area contributed by atoms with Gasteiger partial charge in [0, 0.05) is 27.7 Å². The molecule has 2 heteroatoms. The molecule has 0 fully saturated rings. The van der Waals surface area contributed by atoms with Gasteiger partial charge < -0.3 is 0 Å². The van der Waals surface area contributed by atoms with Gasteiger partial charge in [-0.25, -0.2) is 9.97 Å². The molecule has 53 heavy (non-hydrogen) atoms. The maximum atomic E-state index is 5.29. The number of aromatic nitrogens is 2. The Morgan fingerprint density at radius 2 is 0.811 bits per heavy atom. The molecule has 10 rings (SSSR count). The molecule has 1 aliphatic carbocycles. The summed E-state index contributed by atoms with van der Waals surface area (Å²) >= 11 is 0. The molecule has 2 nitrogen and oxygen atoms in total. The van der Waals surface area contributed by atoms with Gasteiger partial charge in [-0.15, -0.1) is 0 Å². The van der Waals surface area contributed by atoms with Gasteiger partial charge in [0.2, 0.25) is 0 Å². The highest BCUT2D eigenvalue weighted by atomic mass is 14.9. The standard InChI is InChI=1S/C51H36N2/c1-51(2)44-32-38(28-30-42(44)49-47(51)48(35-21-11-5-12-22-35)52-50(53-49)36-23-13-6-14-24-36)37-27-29-41-43(31-37)46(34-19-9-4-10-20-34)40-26-16-15-25-39(40)45(41)33-17-7-3-8-18-33/h3-32H,1-2H3. The SMILES string of the molecule is CC1(C)c2cc(-c3ccc4c(-c5ccccc5)c5ccccc5c(-c5ccccc5)c4c3)ccc2-c2nc(-c3ccccc3)nc(-c3ccccc3)c21. The summed E-state index contributed by atoms with van der Waals surface area (Å²) in [6.45, 7) is 4.65. The van der Waals surface area contributed by atoms with E-state index >= 15 is 0 Å². The van der Waals surface area contributed by atoms with Crippen LogP contribution in [0.3, 0.4) is 0 Å². The number of nitrogens with zero attached hydrogens (tertiary/aromatic N) is 2. The molecule has 0 saturated carbocycles. The third-order valence-corrected chi connectivity index (χ3v) is 11.0. The molecule has 0 saturated heterocycles. The van der Waals surface area contributed by atoms with Crippen LogP contribution < -0.4 is 0 Å². The molecule has 1 heterocycles. The van der Waals surface area contributed by atoms with Crippen LogP contribution in [-0.2, 0) is 5.41 Å². The monoisotopic (exact) mass is 676 g/mol. The van der Waals surface area contributed by atoms with E-state index in [2.05, 4.69) is 190 Å². The Balaban J connectivity index is 1.20. The van der Waals surface area contributed by atoms with Gasteiger partial charge in [0.1, 0.15) is 0 Å². The summed E-state index contributed by atoms with van der Waals surface area (Å²) in [5.41, 5.74) is 14.8. The fraction of sp³-hybridized carbons (Fsp3) is 0.0588. The average molecular weight is 677 g/mol. The van der Waals surface area contributed by atoms with Gasteiger partial charge in [0.25, 0.3) is 0 Å². The van der Waals surface area contributed by atoms with Crippen LogP contribution in [0.4, 0.5) is 0 Å². The van der Waals surface area contributed by atoms with Crippen molar-refractivity contribution in [2.45, 2.75) is 19.3 Å². The minimum absolute atomic E-state index is 0.316. The highest BCUT2D eigenvalue weighted by molar-refractivity contribution is 6.22. The molecule has 0 bridgehead atoms. The Bertz CT molecular complexity index is 2820. The van der Waals surface area contributed by atoms with E-state index in [9.17, 15) is 0 Å². The molecule has 8 aromatic carbocycles. The Hall–Kier alpha value is -6.64. The van der Waals surface area contributed by atoms with E-state index in [1.54, 1.807) is 0 Å². The molecule has 0 atom stereocenters. The Kier molecular flexibility index (Phi) is 7.19. The predicted octanol–water partition coefficient (Wildman–Crippen LogP) is 13.4. The topological polar surface area (TPSA) is 25.8 Å².